The van der Waals surface area contributed by atoms with Gasteiger partial charge in [-0.05, 0) is 91.7 Å². The Bertz CT molecular complexity index is 1880. The smallest absolute Gasteiger partial charge is 0.333 e. The van der Waals surface area contributed by atoms with Crippen molar-refractivity contribution in [3.63, 3.8) is 0 Å². The van der Waals surface area contributed by atoms with E-state index in [4.69, 9.17) is 37.7 Å². The van der Waals surface area contributed by atoms with Crippen LogP contribution in [0.25, 0.3) is 17.0 Å². The number of para-hydroxylation sites is 2. The highest BCUT2D eigenvalue weighted by Gasteiger charge is 2.10. The normalized spacial score (nSPS) is 11.7. The van der Waals surface area contributed by atoms with Gasteiger partial charge in [0, 0.05) is 51.7 Å². The number of esters is 1. The zero-order valence-corrected chi connectivity index (χ0v) is 26.9. The molecule has 0 amide bonds. The number of pyridine rings is 1. The maximum atomic E-state index is 11.7. The number of rotatable bonds is 11. The van der Waals surface area contributed by atoms with Crippen molar-refractivity contribution in [2.45, 2.75) is 13.3 Å². The molecule has 0 unspecified atom stereocenters. The summed E-state index contributed by atoms with van der Waals surface area (Å²) in [5, 5.41) is 12.5. The Morgan fingerprint density at radius 3 is 2.50 bits per heavy atom. The monoisotopic (exact) mass is 653 g/mol. The summed E-state index contributed by atoms with van der Waals surface area (Å²) < 4.78 is 11.0. The van der Waals surface area contributed by atoms with Crippen LogP contribution in [-0.4, -0.2) is 37.1 Å². The molecule has 0 saturated carbocycles. The number of fused-ring (bicyclic) bond motifs is 1. The van der Waals surface area contributed by atoms with Gasteiger partial charge in [0.15, 0.2) is 11.7 Å². The number of hydrogen-bond acceptors (Lipinski definition) is 6. The fourth-order valence-corrected chi connectivity index (χ4v) is 4.95. The zero-order chi connectivity index (χ0) is 32.3. The summed E-state index contributed by atoms with van der Waals surface area (Å²) in [7, 11) is 1.36. The molecule has 1 aromatic heterocycles. The molecule has 8 nitrogen and oxygen atoms in total. The average Bonchev–Trinajstić information content (AvgIpc) is 3.05. The number of ether oxygens (including phenoxy) is 2. The maximum absolute atomic E-state index is 11.7. The fraction of sp³-hybridized carbons (Fsp3) is 0.139. The average molecular weight is 655 g/mol. The van der Waals surface area contributed by atoms with Crippen LogP contribution < -0.4 is 20.7 Å². The van der Waals surface area contributed by atoms with Crippen LogP contribution in [0.3, 0.4) is 0 Å². The highest BCUT2D eigenvalue weighted by Crippen LogP contribution is 2.30. The third kappa shape index (κ3) is 9.00. The van der Waals surface area contributed by atoms with Gasteiger partial charge in [-0.2, -0.15) is 0 Å². The number of carbonyl (C=O) groups is 1. The summed E-state index contributed by atoms with van der Waals surface area (Å²) in [6.07, 6.45) is 4.31. The topological polar surface area (TPSA) is 96.9 Å². The number of anilines is 3. The number of aromatic nitrogens is 1. The molecule has 0 aliphatic carbocycles. The Kier molecular flexibility index (Phi) is 11.1. The Morgan fingerprint density at radius 2 is 1.70 bits per heavy atom. The molecule has 0 radical (unpaired) electrons. The molecule has 3 N–H and O–H groups in total. The van der Waals surface area contributed by atoms with Crippen LogP contribution in [0, 0.1) is 0 Å². The van der Waals surface area contributed by atoms with E-state index in [0.717, 1.165) is 39.9 Å². The molecular weight excluding hydrogens is 621 g/mol. The first kappa shape index (κ1) is 32.3. The van der Waals surface area contributed by atoms with Crippen molar-refractivity contribution >= 4 is 69.2 Å². The van der Waals surface area contributed by atoms with Crippen LogP contribution in [0.15, 0.2) is 114 Å². The molecular formula is C36H33Cl2N5O3. The van der Waals surface area contributed by atoms with Crippen molar-refractivity contribution in [2.24, 2.45) is 4.99 Å². The van der Waals surface area contributed by atoms with E-state index in [9.17, 15) is 4.79 Å². The summed E-state index contributed by atoms with van der Waals surface area (Å²) in [5.41, 5.74) is 4.73. The molecule has 0 spiro atoms. The maximum Gasteiger partial charge on any atom is 0.333 e. The van der Waals surface area contributed by atoms with E-state index in [1.54, 1.807) is 19.2 Å². The standard InChI is InChI=1S/C36H33Cl2N5O3/c1-24(35(44)45-2)21-25-11-14-29(15-12-25)46-34-10-4-3-9-32(34)43-36(42-28-8-5-7-26(37)22-28)41-19-6-18-39-31-17-20-40-33-23-27(38)13-16-30(31)33/h3-5,7-17,20-23H,6,18-19H2,1-2H3,(H,39,40)(H2,41,42,43)/b24-21+. The van der Waals surface area contributed by atoms with Crippen LogP contribution in [-0.2, 0) is 9.53 Å². The van der Waals surface area contributed by atoms with Gasteiger partial charge in [0.05, 0.1) is 18.3 Å². The van der Waals surface area contributed by atoms with E-state index in [1.165, 1.54) is 7.11 Å². The van der Waals surface area contributed by atoms with Crippen LogP contribution in [0.2, 0.25) is 10.0 Å². The van der Waals surface area contributed by atoms with Gasteiger partial charge < -0.3 is 25.4 Å². The minimum Gasteiger partial charge on any atom is -0.466 e. The summed E-state index contributed by atoms with van der Waals surface area (Å²) >= 11 is 12.4. The van der Waals surface area contributed by atoms with Crippen LogP contribution in [0.5, 0.6) is 11.5 Å². The summed E-state index contributed by atoms with van der Waals surface area (Å²) in [5.74, 6) is 1.43. The van der Waals surface area contributed by atoms with E-state index >= 15 is 0 Å². The minimum absolute atomic E-state index is 0.367. The van der Waals surface area contributed by atoms with Crippen molar-refractivity contribution in [1.82, 2.24) is 4.98 Å². The third-order valence-corrected chi connectivity index (χ3v) is 7.32. The van der Waals surface area contributed by atoms with E-state index in [0.29, 0.717) is 46.2 Å². The molecule has 0 atom stereocenters. The molecule has 5 rings (SSSR count). The van der Waals surface area contributed by atoms with Crippen molar-refractivity contribution < 1.29 is 14.3 Å². The highest BCUT2D eigenvalue weighted by atomic mass is 35.5. The number of aliphatic imine (C=N–C) groups is 1. The Hall–Kier alpha value is -5.05. The van der Waals surface area contributed by atoms with Gasteiger partial charge in [0.1, 0.15) is 5.75 Å². The zero-order valence-electron chi connectivity index (χ0n) is 25.4. The number of halogens is 2. The van der Waals surface area contributed by atoms with Crippen LogP contribution in [0.1, 0.15) is 18.9 Å². The molecule has 0 saturated heterocycles. The van der Waals surface area contributed by atoms with Crippen LogP contribution in [0.4, 0.5) is 17.1 Å². The molecule has 46 heavy (non-hydrogen) atoms. The van der Waals surface area contributed by atoms with E-state index in [1.807, 2.05) is 97.1 Å². The number of benzene rings is 4. The van der Waals surface area contributed by atoms with Crippen molar-refractivity contribution in [3.05, 3.63) is 124 Å². The summed E-state index contributed by atoms with van der Waals surface area (Å²) in [6.45, 7) is 2.96. The third-order valence-electron chi connectivity index (χ3n) is 6.85. The van der Waals surface area contributed by atoms with Crippen LogP contribution >= 0.6 is 23.2 Å². The van der Waals surface area contributed by atoms with E-state index in [-0.39, 0.29) is 5.97 Å². The highest BCUT2D eigenvalue weighted by molar-refractivity contribution is 6.31. The van der Waals surface area contributed by atoms with E-state index < -0.39 is 0 Å². The molecule has 1 heterocycles. The second kappa shape index (κ2) is 15.8. The fourth-order valence-electron chi connectivity index (χ4n) is 4.60. The molecule has 0 aliphatic heterocycles. The molecule has 234 valence electrons. The lowest BCUT2D eigenvalue weighted by atomic mass is 10.1. The quantitative estimate of drug-likeness (QED) is 0.0430. The van der Waals surface area contributed by atoms with Gasteiger partial charge in [-0.3, -0.25) is 9.98 Å². The Balaban J connectivity index is 1.28. The number of hydrogen-bond donors (Lipinski definition) is 3. The predicted octanol–water partition coefficient (Wildman–Crippen LogP) is 9.29. The summed E-state index contributed by atoms with van der Waals surface area (Å²) in [6, 6.07) is 30.2. The second-order valence-electron chi connectivity index (χ2n) is 10.3. The van der Waals surface area contributed by atoms with Gasteiger partial charge in [-0.15, -0.1) is 0 Å². The van der Waals surface area contributed by atoms with E-state index in [2.05, 4.69) is 20.9 Å². The Morgan fingerprint density at radius 1 is 0.891 bits per heavy atom. The molecule has 5 aromatic rings. The molecule has 10 heteroatoms. The minimum atomic E-state index is -0.367. The van der Waals surface area contributed by atoms with Gasteiger partial charge >= 0.3 is 5.97 Å². The van der Waals surface area contributed by atoms with Crippen molar-refractivity contribution in [2.75, 3.05) is 36.1 Å². The number of carbonyl (C=O) groups excluding carboxylic acids is 1. The second-order valence-corrected chi connectivity index (χ2v) is 11.2. The number of methoxy groups -OCH3 is 1. The Labute approximate surface area is 278 Å². The first-order valence-electron chi connectivity index (χ1n) is 14.6. The van der Waals surface area contributed by atoms with Gasteiger partial charge in [-0.1, -0.05) is 53.5 Å². The predicted molar refractivity (Wildman–Crippen MR) is 189 cm³/mol. The lowest BCUT2D eigenvalue weighted by Gasteiger charge is -2.16. The number of nitrogens with zero attached hydrogens (tertiary/aromatic N) is 2. The first-order chi connectivity index (χ1) is 22.4. The number of nitrogens with one attached hydrogen (secondary N) is 3. The molecule has 0 aliphatic rings. The van der Waals surface area contributed by atoms with Gasteiger partial charge in [0.25, 0.3) is 0 Å². The molecule has 0 fully saturated rings. The lowest BCUT2D eigenvalue weighted by molar-refractivity contribution is -0.135. The summed E-state index contributed by atoms with van der Waals surface area (Å²) in [4.78, 5) is 21.0. The van der Waals surface area contributed by atoms with Crippen molar-refractivity contribution in [1.29, 1.82) is 0 Å². The first-order valence-corrected chi connectivity index (χ1v) is 15.4. The van der Waals surface area contributed by atoms with Gasteiger partial charge in [-0.25, -0.2) is 4.79 Å². The SMILES string of the molecule is COC(=O)/C(C)=C/c1ccc(Oc2ccccc2NC(=NCCCNc2ccnc3cc(Cl)ccc23)Nc2cccc(Cl)c2)cc1. The number of guanidine groups is 1. The largest absolute Gasteiger partial charge is 0.466 e. The van der Waals surface area contributed by atoms with Crippen molar-refractivity contribution in [3.8, 4) is 11.5 Å². The molecule has 0 bridgehead atoms. The molecule has 4 aromatic carbocycles. The lowest BCUT2D eigenvalue weighted by Crippen LogP contribution is -2.23. The van der Waals surface area contributed by atoms with Gasteiger partial charge in [0.2, 0.25) is 0 Å².